The van der Waals surface area contributed by atoms with E-state index in [9.17, 15) is 9.18 Å². The molecule has 1 N–H and O–H groups in total. The Hall–Kier alpha value is -3.69. The van der Waals surface area contributed by atoms with E-state index < -0.39 is 5.91 Å². The van der Waals surface area contributed by atoms with Crippen LogP contribution in [0.2, 0.25) is 0 Å². The molecule has 0 saturated carbocycles. The zero-order valence-electron chi connectivity index (χ0n) is 19.7. The lowest BCUT2D eigenvalue weighted by molar-refractivity contribution is -0.114. The number of carbonyl (C=O) groups excluding carboxylic acids is 1. The van der Waals surface area contributed by atoms with Crippen LogP contribution in [0.25, 0.3) is 11.8 Å². The molecular weight excluding hydrogens is 557 g/mol. The van der Waals surface area contributed by atoms with Crippen molar-refractivity contribution in [2.75, 3.05) is 6.61 Å². The maximum absolute atomic E-state index is 13.2. The van der Waals surface area contributed by atoms with Crippen LogP contribution in [0.4, 0.5) is 4.39 Å². The van der Waals surface area contributed by atoms with E-state index in [1.807, 2.05) is 42.7 Å². The second-order valence-electron chi connectivity index (χ2n) is 8.11. The number of nitrogens with one attached hydrogen (secondary N) is 1. The van der Waals surface area contributed by atoms with Crippen molar-refractivity contribution >= 4 is 56.4 Å². The van der Waals surface area contributed by atoms with Gasteiger partial charge in [-0.2, -0.15) is 4.99 Å². The summed E-state index contributed by atoms with van der Waals surface area (Å²) >= 11 is 4.87. The summed E-state index contributed by atoms with van der Waals surface area (Å²) in [5, 5.41) is 11.2. The number of amides is 1. The Morgan fingerprint density at radius 1 is 1.11 bits per heavy atom. The molecule has 1 amide bonds. The van der Waals surface area contributed by atoms with Gasteiger partial charge >= 0.3 is 0 Å². The number of nitrogens with zero attached hydrogens (tertiary/aromatic N) is 2. The zero-order valence-corrected chi connectivity index (χ0v) is 22.1. The summed E-state index contributed by atoms with van der Waals surface area (Å²) in [6.45, 7) is 2.49. The number of hydrogen-bond acceptors (Lipinski definition) is 5. The van der Waals surface area contributed by atoms with Crippen molar-refractivity contribution in [3.05, 3.63) is 105 Å². The van der Waals surface area contributed by atoms with Crippen molar-refractivity contribution < 1.29 is 18.7 Å². The molecule has 2 heterocycles. The third-order valence-electron chi connectivity index (χ3n) is 5.62. The molecule has 0 aliphatic carbocycles. The highest BCUT2D eigenvalue weighted by molar-refractivity contribution is 9.10. The number of fused-ring (bicyclic) bond motifs is 1. The van der Waals surface area contributed by atoms with Crippen LogP contribution in [0, 0.1) is 11.2 Å². The van der Waals surface area contributed by atoms with Crippen LogP contribution >= 0.6 is 27.7 Å². The van der Waals surface area contributed by atoms with Gasteiger partial charge in [0.15, 0.2) is 16.7 Å². The van der Waals surface area contributed by atoms with Gasteiger partial charge in [0.05, 0.1) is 22.3 Å². The molecule has 3 aromatic carbocycles. The highest BCUT2D eigenvalue weighted by atomic mass is 79.9. The molecule has 0 unspecified atom stereocenters. The number of carbonyl (C=O) groups is 1. The van der Waals surface area contributed by atoms with Crippen LogP contribution in [-0.2, 0) is 11.4 Å². The van der Waals surface area contributed by atoms with E-state index in [-0.39, 0.29) is 23.8 Å². The average molecular weight is 578 g/mol. The summed E-state index contributed by atoms with van der Waals surface area (Å²) in [6.07, 6.45) is 1.63. The first-order valence-corrected chi connectivity index (χ1v) is 13.1. The predicted octanol–water partition coefficient (Wildman–Crippen LogP) is 6.87. The van der Waals surface area contributed by atoms with Crippen LogP contribution in [0.15, 0.2) is 87.2 Å². The number of aliphatic imine (C=N–C) groups is 1. The molecule has 0 radical (unpaired) electrons. The van der Waals surface area contributed by atoms with Gasteiger partial charge < -0.3 is 9.47 Å². The number of ether oxygens (including phenoxy) is 2. The second kappa shape index (κ2) is 10.7. The van der Waals surface area contributed by atoms with E-state index in [1.54, 1.807) is 35.2 Å². The maximum atomic E-state index is 13.2. The van der Waals surface area contributed by atoms with Gasteiger partial charge in [0.2, 0.25) is 0 Å². The molecule has 186 valence electrons. The number of hydrogen-bond donors (Lipinski definition) is 1. The van der Waals surface area contributed by atoms with Crippen molar-refractivity contribution in [2.45, 2.75) is 13.5 Å². The van der Waals surface area contributed by atoms with Crippen molar-refractivity contribution in [3.8, 4) is 11.5 Å². The fraction of sp³-hybridized carbons (Fsp3) is 0.107. The number of rotatable bonds is 7. The number of halogens is 2. The highest BCUT2D eigenvalue weighted by Crippen LogP contribution is 2.40. The maximum Gasteiger partial charge on any atom is 0.283 e. The Morgan fingerprint density at radius 3 is 2.59 bits per heavy atom. The molecule has 6 nitrogen and oxygen atoms in total. The molecule has 37 heavy (non-hydrogen) atoms. The van der Waals surface area contributed by atoms with E-state index >= 15 is 0 Å². The minimum absolute atomic E-state index is 0.0563. The number of benzene rings is 3. The topological polar surface area (TPSA) is 75.0 Å². The van der Waals surface area contributed by atoms with Crippen LogP contribution in [0.1, 0.15) is 23.6 Å². The minimum atomic E-state index is -0.475. The van der Waals surface area contributed by atoms with Gasteiger partial charge in [0, 0.05) is 5.41 Å². The molecule has 0 saturated heterocycles. The van der Waals surface area contributed by atoms with Gasteiger partial charge in [-0.15, -0.1) is 0 Å². The molecule has 0 atom stereocenters. The standard InChI is InChI=1S/C28H21BrFN3O3S/c1-2-35-24-14-18(13-22(29)25(24)36-15-17-8-10-20(30)11-9-17)12-21-26(31)33-23(19-6-4-3-5-7-19)16-37-28(33)32-27(21)34/h3-14,16,31H,2,15H2,1H3. The molecule has 2 aliphatic heterocycles. The normalized spacial score (nSPS) is 16.0. The number of amidine groups is 2. The first-order chi connectivity index (χ1) is 17.9. The third kappa shape index (κ3) is 5.23. The Balaban J connectivity index is 1.45. The monoisotopic (exact) mass is 577 g/mol. The lowest BCUT2D eigenvalue weighted by Gasteiger charge is -2.27. The number of thioether (sulfide) groups is 1. The van der Waals surface area contributed by atoms with Crippen LogP contribution in [-0.4, -0.2) is 28.4 Å². The molecule has 5 rings (SSSR count). The second-order valence-corrected chi connectivity index (χ2v) is 9.80. The average Bonchev–Trinajstić information content (AvgIpc) is 3.32. The van der Waals surface area contributed by atoms with Gasteiger partial charge in [-0.05, 0) is 69.9 Å². The van der Waals surface area contributed by atoms with E-state index in [2.05, 4.69) is 20.9 Å². The van der Waals surface area contributed by atoms with Gasteiger partial charge in [-0.1, -0.05) is 54.2 Å². The first-order valence-electron chi connectivity index (χ1n) is 11.4. The lowest BCUT2D eigenvalue weighted by Crippen LogP contribution is -2.38. The molecule has 0 bridgehead atoms. The van der Waals surface area contributed by atoms with E-state index in [0.29, 0.717) is 33.3 Å². The van der Waals surface area contributed by atoms with Crippen molar-refractivity contribution in [1.82, 2.24) is 4.90 Å². The van der Waals surface area contributed by atoms with Crippen LogP contribution in [0.5, 0.6) is 11.5 Å². The Labute approximate surface area is 226 Å². The van der Waals surface area contributed by atoms with Crippen molar-refractivity contribution in [2.24, 2.45) is 4.99 Å². The fourth-order valence-corrected chi connectivity index (χ4v) is 5.35. The van der Waals surface area contributed by atoms with Crippen molar-refractivity contribution in [3.63, 3.8) is 0 Å². The molecule has 0 spiro atoms. The minimum Gasteiger partial charge on any atom is -0.490 e. The van der Waals surface area contributed by atoms with Gasteiger partial charge in [-0.3, -0.25) is 15.1 Å². The van der Waals surface area contributed by atoms with E-state index in [1.165, 1.54) is 23.9 Å². The smallest absolute Gasteiger partial charge is 0.283 e. The van der Waals surface area contributed by atoms with Crippen LogP contribution in [0.3, 0.4) is 0 Å². The molecule has 0 aromatic heterocycles. The Bertz CT molecular complexity index is 1470. The van der Waals surface area contributed by atoms with E-state index in [0.717, 1.165) is 16.8 Å². The largest absolute Gasteiger partial charge is 0.490 e. The zero-order chi connectivity index (χ0) is 25.9. The SMILES string of the molecule is CCOc1cc(C=C2C(=N)N3C(c4ccccc4)=CSC3=NC2=O)cc(Br)c1OCc1ccc(F)cc1. The molecule has 9 heteroatoms. The fourth-order valence-electron chi connectivity index (χ4n) is 3.89. The van der Waals surface area contributed by atoms with Crippen molar-refractivity contribution in [1.29, 1.82) is 5.41 Å². The Kier molecular flexibility index (Phi) is 7.25. The van der Waals surface area contributed by atoms with Crippen LogP contribution < -0.4 is 9.47 Å². The van der Waals surface area contributed by atoms with Gasteiger partial charge in [0.25, 0.3) is 5.91 Å². The Morgan fingerprint density at radius 2 is 1.86 bits per heavy atom. The molecule has 3 aromatic rings. The van der Waals surface area contributed by atoms with Gasteiger partial charge in [-0.25, -0.2) is 4.39 Å². The third-order valence-corrected chi connectivity index (χ3v) is 7.04. The summed E-state index contributed by atoms with van der Waals surface area (Å²) in [6, 6.07) is 19.3. The quantitative estimate of drug-likeness (QED) is 0.310. The van der Waals surface area contributed by atoms with Gasteiger partial charge in [0.1, 0.15) is 18.3 Å². The highest BCUT2D eigenvalue weighted by Gasteiger charge is 2.36. The summed E-state index contributed by atoms with van der Waals surface area (Å²) < 4.78 is 25.6. The molecule has 2 aliphatic rings. The summed E-state index contributed by atoms with van der Waals surface area (Å²) in [4.78, 5) is 18.8. The predicted molar refractivity (Wildman–Crippen MR) is 148 cm³/mol. The first kappa shape index (κ1) is 25.0. The summed E-state index contributed by atoms with van der Waals surface area (Å²) in [7, 11) is 0. The summed E-state index contributed by atoms with van der Waals surface area (Å²) in [5.41, 5.74) is 3.36. The lowest BCUT2D eigenvalue weighted by atomic mass is 10.1. The van der Waals surface area contributed by atoms with E-state index in [4.69, 9.17) is 14.9 Å². The molecule has 0 fully saturated rings. The molecular formula is C28H21BrFN3O3S. The summed E-state index contributed by atoms with van der Waals surface area (Å²) in [5.74, 6) is 0.240.